The summed E-state index contributed by atoms with van der Waals surface area (Å²) in [6.07, 6.45) is 0. The van der Waals surface area contributed by atoms with E-state index in [-0.39, 0.29) is 11.9 Å². The van der Waals surface area contributed by atoms with Crippen LogP contribution < -0.4 is 20.3 Å². The van der Waals surface area contributed by atoms with Crippen molar-refractivity contribution >= 4 is 35.1 Å². The van der Waals surface area contributed by atoms with Gasteiger partial charge < -0.3 is 15.4 Å². The Kier molecular flexibility index (Phi) is 6.66. The molecule has 0 fully saturated rings. The number of nitrogens with one attached hydrogen (secondary N) is 2. The van der Waals surface area contributed by atoms with Crippen molar-refractivity contribution in [2.45, 2.75) is 23.6 Å². The van der Waals surface area contributed by atoms with Gasteiger partial charge in [-0.1, -0.05) is 31.2 Å². The standard InChI is InChI=1S/C25H25N3O3S/c1-17-16-28(22-5-3-4-6-23(22)32-17)25(30)27-20-11-9-19(10-12-20)24(29)26-15-18-7-13-21(31-2)14-8-18/h3-14,17H,15-16H2,1-2H3,(H,26,29)(H,27,30)/t17-/m0/s1. The highest BCUT2D eigenvalue weighted by Gasteiger charge is 2.26. The number of fused-ring (bicyclic) bond motifs is 1. The Bertz CT molecular complexity index is 1100. The summed E-state index contributed by atoms with van der Waals surface area (Å²) in [4.78, 5) is 28.3. The lowest BCUT2D eigenvalue weighted by molar-refractivity contribution is 0.0951. The molecule has 0 radical (unpaired) electrons. The summed E-state index contributed by atoms with van der Waals surface area (Å²) < 4.78 is 5.14. The van der Waals surface area contributed by atoms with Crippen LogP contribution in [0.15, 0.2) is 77.7 Å². The third-order valence-electron chi connectivity index (χ3n) is 5.18. The van der Waals surface area contributed by atoms with Gasteiger partial charge in [0.15, 0.2) is 0 Å². The number of carbonyl (C=O) groups excluding carboxylic acids is 2. The number of urea groups is 1. The number of methoxy groups -OCH3 is 1. The molecule has 1 atom stereocenters. The maximum absolute atomic E-state index is 12.9. The van der Waals surface area contributed by atoms with Crippen LogP contribution in [0.25, 0.3) is 0 Å². The molecule has 3 aromatic rings. The van der Waals surface area contributed by atoms with Crippen LogP contribution in [0, 0.1) is 0 Å². The molecule has 3 aromatic carbocycles. The monoisotopic (exact) mass is 447 g/mol. The van der Waals surface area contributed by atoms with Crippen LogP contribution in [0.3, 0.4) is 0 Å². The number of amides is 3. The maximum atomic E-state index is 12.9. The van der Waals surface area contributed by atoms with E-state index in [4.69, 9.17) is 4.74 Å². The molecule has 164 valence electrons. The number of para-hydroxylation sites is 1. The molecule has 2 N–H and O–H groups in total. The molecule has 7 heteroatoms. The van der Waals surface area contributed by atoms with Crippen LogP contribution in [-0.4, -0.2) is 30.8 Å². The summed E-state index contributed by atoms with van der Waals surface area (Å²) in [5.74, 6) is 0.605. The van der Waals surface area contributed by atoms with E-state index < -0.39 is 0 Å². The van der Waals surface area contributed by atoms with E-state index >= 15 is 0 Å². The minimum atomic E-state index is -0.179. The molecule has 0 spiro atoms. The lowest BCUT2D eigenvalue weighted by Crippen LogP contribution is -2.41. The normalized spacial score (nSPS) is 14.9. The summed E-state index contributed by atoms with van der Waals surface area (Å²) in [6, 6.07) is 22.2. The predicted molar refractivity (Wildman–Crippen MR) is 129 cm³/mol. The van der Waals surface area contributed by atoms with Gasteiger partial charge in [0.2, 0.25) is 0 Å². The molecule has 1 aliphatic heterocycles. The van der Waals surface area contributed by atoms with Crippen molar-refractivity contribution in [1.29, 1.82) is 0 Å². The Morgan fingerprint density at radius 3 is 2.47 bits per heavy atom. The number of hydrogen-bond acceptors (Lipinski definition) is 4. The molecule has 1 heterocycles. The van der Waals surface area contributed by atoms with E-state index in [0.29, 0.717) is 29.6 Å². The third kappa shape index (κ3) is 5.06. The van der Waals surface area contributed by atoms with E-state index in [1.165, 1.54) is 0 Å². The van der Waals surface area contributed by atoms with Gasteiger partial charge in [0.25, 0.3) is 5.91 Å². The second-order valence-electron chi connectivity index (χ2n) is 7.55. The molecular weight excluding hydrogens is 422 g/mol. The maximum Gasteiger partial charge on any atom is 0.326 e. The zero-order valence-corrected chi connectivity index (χ0v) is 18.8. The van der Waals surface area contributed by atoms with E-state index in [1.54, 1.807) is 48.0 Å². The Morgan fingerprint density at radius 2 is 1.75 bits per heavy atom. The molecule has 6 nitrogen and oxygen atoms in total. The average molecular weight is 448 g/mol. The number of carbonyl (C=O) groups is 2. The second-order valence-corrected chi connectivity index (χ2v) is 9.03. The van der Waals surface area contributed by atoms with Crippen molar-refractivity contribution in [1.82, 2.24) is 5.32 Å². The molecule has 1 aliphatic rings. The molecule has 32 heavy (non-hydrogen) atoms. The molecule has 0 bridgehead atoms. The van der Waals surface area contributed by atoms with Gasteiger partial charge in [-0.2, -0.15) is 0 Å². The third-order valence-corrected chi connectivity index (χ3v) is 6.33. The zero-order chi connectivity index (χ0) is 22.5. The number of anilines is 2. The van der Waals surface area contributed by atoms with Gasteiger partial charge in [0.05, 0.1) is 12.8 Å². The highest BCUT2D eigenvalue weighted by molar-refractivity contribution is 8.00. The predicted octanol–water partition coefficient (Wildman–Crippen LogP) is 5.16. The van der Waals surface area contributed by atoms with Gasteiger partial charge in [-0.05, 0) is 54.1 Å². The van der Waals surface area contributed by atoms with Crippen LogP contribution in [0.2, 0.25) is 0 Å². The van der Waals surface area contributed by atoms with Gasteiger partial charge in [0.1, 0.15) is 5.75 Å². The van der Waals surface area contributed by atoms with Crippen molar-refractivity contribution in [2.24, 2.45) is 0 Å². The van der Waals surface area contributed by atoms with E-state index in [0.717, 1.165) is 21.9 Å². The van der Waals surface area contributed by atoms with Gasteiger partial charge in [-0.15, -0.1) is 11.8 Å². The smallest absolute Gasteiger partial charge is 0.326 e. The van der Waals surface area contributed by atoms with Crippen LogP contribution in [0.4, 0.5) is 16.2 Å². The second kappa shape index (κ2) is 9.78. The fourth-order valence-electron chi connectivity index (χ4n) is 3.51. The summed E-state index contributed by atoms with van der Waals surface area (Å²) in [5.41, 5.74) is 3.08. The molecule has 0 unspecified atom stereocenters. The van der Waals surface area contributed by atoms with Gasteiger partial charge in [0, 0.05) is 34.5 Å². The highest BCUT2D eigenvalue weighted by atomic mass is 32.2. The van der Waals surface area contributed by atoms with Crippen molar-refractivity contribution in [3.05, 3.63) is 83.9 Å². The molecule has 0 aromatic heterocycles. The fourth-order valence-corrected chi connectivity index (χ4v) is 4.62. The topological polar surface area (TPSA) is 70.7 Å². The van der Waals surface area contributed by atoms with E-state index in [9.17, 15) is 9.59 Å². The van der Waals surface area contributed by atoms with Crippen LogP contribution in [0.5, 0.6) is 5.75 Å². The minimum Gasteiger partial charge on any atom is -0.497 e. The first-order valence-corrected chi connectivity index (χ1v) is 11.3. The number of ether oxygens (including phenoxy) is 1. The number of rotatable bonds is 5. The number of hydrogen-bond donors (Lipinski definition) is 2. The lowest BCUT2D eigenvalue weighted by Gasteiger charge is -2.32. The average Bonchev–Trinajstić information content (AvgIpc) is 2.82. The Labute approximate surface area is 192 Å². The van der Waals surface area contributed by atoms with Gasteiger partial charge in [-0.25, -0.2) is 4.79 Å². The number of nitrogens with zero attached hydrogens (tertiary/aromatic N) is 1. The summed E-state index contributed by atoms with van der Waals surface area (Å²) in [5, 5.41) is 6.16. The fraction of sp³-hybridized carbons (Fsp3) is 0.200. The Balaban J connectivity index is 1.36. The lowest BCUT2D eigenvalue weighted by atomic mass is 10.1. The van der Waals surface area contributed by atoms with Crippen LogP contribution in [-0.2, 0) is 6.54 Å². The molecule has 0 aliphatic carbocycles. The molecule has 0 saturated heterocycles. The first-order chi connectivity index (χ1) is 15.5. The van der Waals surface area contributed by atoms with E-state index in [1.807, 2.05) is 48.5 Å². The number of thioether (sulfide) groups is 1. The first-order valence-electron chi connectivity index (χ1n) is 10.4. The highest BCUT2D eigenvalue weighted by Crippen LogP contribution is 2.38. The molecule has 0 saturated carbocycles. The number of benzene rings is 3. The van der Waals surface area contributed by atoms with Crippen molar-refractivity contribution in [2.75, 3.05) is 23.9 Å². The SMILES string of the molecule is COc1ccc(CNC(=O)c2ccc(NC(=O)N3C[C@H](C)Sc4ccccc43)cc2)cc1. The summed E-state index contributed by atoms with van der Waals surface area (Å²) in [7, 11) is 1.62. The summed E-state index contributed by atoms with van der Waals surface area (Å²) >= 11 is 1.78. The summed E-state index contributed by atoms with van der Waals surface area (Å²) in [6.45, 7) is 3.17. The molecular formula is C25H25N3O3S. The van der Waals surface area contributed by atoms with Crippen molar-refractivity contribution in [3.63, 3.8) is 0 Å². The van der Waals surface area contributed by atoms with E-state index in [2.05, 4.69) is 17.6 Å². The Hall–Kier alpha value is -3.45. The van der Waals surface area contributed by atoms with Gasteiger partial charge >= 0.3 is 6.03 Å². The minimum absolute atomic E-state index is 0.172. The zero-order valence-electron chi connectivity index (χ0n) is 18.0. The first kappa shape index (κ1) is 21.8. The van der Waals surface area contributed by atoms with Crippen molar-refractivity contribution < 1.29 is 14.3 Å². The van der Waals surface area contributed by atoms with Crippen molar-refractivity contribution in [3.8, 4) is 5.75 Å². The molecule has 3 amide bonds. The van der Waals surface area contributed by atoms with Gasteiger partial charge in [-0.3, -0.25) is 9.69 Å². The van der Waals surface area contributed by atoms with Crippen LogP contribution >= 0.6 is 11.8 Å². The molecule has 4 rings (SSSR count). The quantitative estimate of drug-likeness (QED) is 0.567. The Morgan fingerprint density at radius 1 is 1.03 bits per heavy atom. The van der Waals surface area contributed by atoms with Crippen LogP contribution in [0.1, 0.15) is 22.8 Å². The largest absolute Gasteiger partial charge is 0.497 e.